The van der Waals surface area contributed by atoms with Crippen molar-refractivity contribution >= 4 is 40.0 Å². The molecule has 3 amide bonds. The third-order valence-electron chi connectivity index (χ3n) is 5.67. The third kappa shape index (κ3) is 4.44. The largest absolute Gasteiger partial charge is 0.462 e. The number of ether oxygens (including phenoxy) is 1. The summed E-state index contributed by atoms with van der Waals surface area (Å²) >= 11 is 0.925. The molecule has 0 spiro atoms. The zero-order chi connectivity index (χ0) is 25.1. The maximum Gasteiger partial charge on any atom is 0.348 e. The molecule has 0 radical (unpaired) electrons. The molecule has 1 aliphatic rings. The fourth-order valence-corrected chi connectivity index (χ4v) is 5.01. The van der Waals surface area contributed by atoms with Crippen LogP contribution in [0.2, 0.25) is 0 Å². The van der Waals surface area contributed by atoms with Gasteiger partial charge >= 0.3 is 5.97 Å². The number of hydrogen-bond acceptors (Lipinski definition) is 7. The Morgan fingerprint density at radius 1 is 1.06 bits per heavy atom. The predicted octanol–water partition coefficient (Wildman–Crippen LogP) is 3.95. The van der Waals surface area contributed by atoms with Gasteiger partial charge in [0.25, 0.3) is 11.8 Å². The van der Waals surface area contributed by atoms with E-state index in [0.717, 1.165) is 21.8 Å². The molecule has 1 atom stereocenters. The van der Waals surface area contributed by atoms with Crippen LogP contribution in [0.15, 0.2) is 54.6 Å². The SMILES string of the molecule is CCOC(=O)c1sc(NC(=O)[C@H](Cc2ccccc2)N2C(=O)c3ccccc3C2=O)c(C#N)c1C. The maximum atomic E-state index is 13.6. The first kappa shape index (κ1) is 23.9. The Morgan fingerprint density at radius 3 is 2.23 bits per heavy atom. The summed E-state index contributed by atoms with van der Waals surface area (Å²) in [7, 11) is 0. The van der Waals surface area contributed by atoms with Crippen molar-refractivity contribution < 1.29 is 23.9 Å². The van der Waals surface area contributed by atoms with E-state index in [9.17, 15) is 24.4 Å². The van der Waals surface area contributed by atoms with E-state index in [4.69, 9.17) is 4.74 Å². The molecule has 0 fully saturated rings. The van der Waals surface area contributed by atoms with Gasteiger partial charge in [0, 0.05) is 6.42 Å². The maximum absolute atomic E-state index is 13.6. The van der Waals surface area contributed by atoms with E-state index in [1.54, 1.807) is 62.4 Å². The Kier molecular flexibility index (Phi) is 6.75. The number of thiophene rings is 1. The summed E-state index contributed by atoms with van der Waals surface area (Å²) in [5.41, 5.74) is 1.74. The van der Waals surface area contributed by atoms with Crippen molar-refractivity contribution in [1.82, 2.24) is 4.90 Å². The monoisotopic (exact) mass is 487 g/mol. The minimum atomic E-state index is -1.18. The van der Waals surface area contributed by atoms with E-state index >= 15 is 0 Å². The average molecular weight is 488 g/mol. The number of nitriles is 1. The fraction of sp³-hybridized carbons (Fsp3) is 0.192. The van der Waals surface area contributed by atoms with Crippen LogP contribution in [0.5, 0.6) is 0 Å². The van der Waals surface area contributed by atoms with Gasteiger partial charge in [-0.1, -0.05) is 42.5 Å². The van der Waals surface area contributed by atoms with Gasteiger partial charge in [0.1, 0.15) is 22.0 Å². The number of fused-ring (bicyclic) bond motifs is 1. The quantitative estimate of drug-likeness (QED) is 0.398. The first-order valence-corrected chi connectivity index (χ1v) is 11.7. The second kappa shape index (κ2) is 9.91. The van der Waals surface area contributed by atoms with Gasteiger partial charge in [0.15, 0.2) is 0 Å². The molecule has 0 saturated carbocycles. The highest BCUT2D eigenvalue weighted by Gasteiger charge is 2.43. The molecule has 8 nitrogen and oxygen atoms in total. The highest BCUT2D eigenvalue weighted by molar-refractivity contribution is 7.18. The van der Waals surface area contributed by atoms with Gasteiger partial charge in [-0.3, -0.25) is 19.3 Å². The van der Waals surface area contributed by atoms with E-state index in [1.807, 2.05) is 12.1 Å². The first-order valence-electron chi connectivity index (χ1n) is 10.9. The first-order chi connectivity index (χ1) is 16.9. The van der Waals surface area contributed by atoms with E-state index in [2.05, 4.69) is 5.32 Å². The molecule has 2 aromatic carbocycles. The topological polar surface area (TPSA) is 117 Å². The Bertz CT molecular complexity index is 1340. The van der Waals surface area contributed by atoms with E-state index in [0.29, 0.717) is 5.56 Å². The zero-order valence-corrected chi connectivity index (χ0v) is 19.8. The predicted molar refractivity (Wildman–Crippen MR) is 129 cm³/mol. The number of rotatable bonds is 7. The summed E-state index contributed by atoms with van der Waals surface area (Å²) in [4.78, 5) is 53.3. The Labute approximate surface area is 205 Å². The van der Waals surface area contributed by atoms with Gasteiger partial charge in [-0.15, -0.1) is 11.3 Å². The highest BCUT2D eigenvalue weighted by atomic mass is 32.1. The van der Waals surface area contributed by atoms with Crippen molar-refractivity contribution in [3.63, 3.8) is 0 Å². The Morgan fingerprint density at radius 2 is 1.66 bits per heavy atom. The molecule has 0 unspecified atom stereocenters. The van der Waals surface area contributed by atoms with Gasteiger partial charge in [-0.05, 0) is 37.1 Å². The lowest BCUT2D eigenvalue weighted by molar-refractivity contribution is -0.119. The molecule has 1 aromatic heterocycles. The molecule has 3 aromatic rings. The van der Waals surface area contributed by atoms with Crippen LogP contribution in [0.4, 0.5) is 5.00 Å². The third-order valence-corrected chi connectivity index (χ3v) is 6.86. The molecule has 0 bridgehead atoms. The number of nitrogens with zero attached hydrogens (tertiary/aromatic N) is 2. The summed E-state index contributed by atoms with van der Waals surface area (Å²) in [6.45, 7) is 3.44. The summed E-state index contributed by atoms with van der Waals surface area (Å²) in [6, 6.07) is 16.3. The van der Waals surface area contributed by atoms with Crippen molar-refractivity contribution in [1.29, 1.82) is 5.26 Å². The number of benzene rings is 2. The minimum absolute atomic E-state index is 0.0785. The van der Waals surface area contributed by atoms with Crippen LogP contribution >= 0.6 is 11.3 Å². The second-order valence-corrected chi connectivity index (χ2v) is 8.83. The number of nitrogens with one attached hydrogen (secondary N) is 1. The van der Waals surface area contributed by atoms with E-state index in [-0.39, 0.29) is 39.6 Å². The van der Waals surface area contributed by atoms with Crippen molar-refractivity contribution in [3.8, 4) is 6.07 Å². The number of anilines is 1. The lowest BCUT2D eigenvalue weighted by Crippen LogP contribution is -2.48. The van der Waals surface area contributed by atoms with Gasteiger partial charge in [-0.25, -0.2) is 4.79 Å². The summed E-state index contributed by atoms with van der Waals surface area (Å²) in [6.07, 6.45) is 0.0785. The number of carbonyl (C=O) groups is 4. The van der Waals surface area contributed by atoms with Crippen molar-refractivity contribution in [2.24, 2.45) is 0 Å². The van der Waals surface area contributed by atoms with E-state index < -0.39 is 29.7 Å². The van der Waals surface area contributed by atoms with Crippen molar-refractivity contribution in [2.45, 2.75) is 26.3 Å². The molecule has 9 heteroatoms. The molecule has 4 rings (SSSR count). The zero-order valence-electron chi connectivity index (χ0n) is 19.0. The molecule has 176 valence electrons. The minimum Gasteiger partial charge on any atom is -0.462 e. The van der Waals surface area contributed by atoms with E-state index in [1.165, 1.54) is 0 Å². The summed E-state index contributed by atoms with van der Waals surface area (Å²) in [5, 5.41) is 12.5. The van der Waals surface area contributed by atoms with Gasteiger partial charge in [-0.2, -0.15) is 5.26 Å². The highest BCUT2D eigenvalue weighted by Crippen LogP contribution is 2.34. The lowest BCUT2D eigenvalue weighted by atomic mass is 10.0. The molecular formula is C26H21N3O5S. The molecule has 0 aliphatic carbocycles. The van der Waals surface area contributed by atoms with Crippen LogP contribution < -0.4 is 5.32 Å². The van der Waals surface area contributed by atoms with Crippen LogP contribution in [-0.4, -0.2) is 41.2 Å². The van der Waals surface area contributed by atoms with Crippen LogP contribution in [0.25, 0.3) is 0 Å². The molecular weight excluding hydrogens is 466 g/mol. The van der Waals surface area contributed by atoms with Crippen LogP contribution in [0, 0.1) is 18.3 Å². The number of hydrogen-bond donors (Lipinski definition) is 1. The molecule has 2 heterocycles. The molecule has 0 saturated heterocycles. The average Bonchev–Trinajstić information content (AvgIpc) is 3.31. The molecule has 1 N–H and O–H groups in total. The van der Waals surface area contributed by atoms with Crippen molar-refractivity contribution in [3.05, 3.63) is 87.3 Å². The smallest absolute Gasteiger partial charge is 0.348 e. The number of carbonyl (C=O) groups excluding carboxylic acids is 4. The van der Waals surface area contributed by atoms with Crippen molar-refractivity contribution in [2.75, 3.05) is 11.9 Å². The lowest BCUT2D eigenvalue weighted by Gasteiger charge is -2.25. The summed E-state index contributed by atoms with van der Waals surface area (Å²) < 4.78 is 5.05. The fourth-order valence-electron chi connectivity index (χ4n) is 3.95. The van der Waals surface area contributed by atoms with Gasteiger partial charge in [0.05, 0.1) is 23.3 Å². The normalized spacial score (nSPS) is 13.2. The van der Waals surface area contributed by atoms with Gasteiger partial charge in [0.2, 0.25) is 5.91 Å². The second-order valence-electron chi connectivity index (χ2n) is 7.81. The van der Waals surface area contributed by atoms with Gasteiger partial charge < -0.3 is 10.1 Å². The number of esters is 1. The molecule has 1 aliphatic heterocycles. The van der Waals surface area contributed by atoms with Crippen LogP contribution in [0.1, 0.15) is 54.0 Å². The number of amides is 3. The standard InChI is InChI=1S/C26H21N3O5S/c1-3-34-26(33)21-15(2)19(14-27)23(35-21)28-22(30)20(13-16-9-5-4-6-10-16)29-24(31)17-11-7-8-12-18(17)25(29)32/h4-12,20H,3,13H2,1-2H3,(H,28,30)/t20-/m0/s1. The van der Waals surface area contributed by atoms with Crippen LogP contribution in [0.3, 0.4) is 0 Å². The Balaban J connectivity index is 1.70. The van der Waals surface area contributed by atoms with Crippen LogP contribution in [-0.2, 0) is 16.0 Å². The number of imide groups is 1. The molecule has 35 heavy (non-hydrogen) atoms. The Hall–Kier alpha value is -4.29. The summed E-state index contributed by atoms with van der Waals surface area (Å²) in [5.74, 6) is -2.35.